The molecular formula is C30H24NO6P. The van der Waals surface area contributed by atoms with E-state index in [-0.39, 0.29) is 16.8 Å². The van der Waals surface area contributed by atoms with Gasteiger partial charge in [0.2, 0.25) is 0 Å². The highest BCUT2D eigenvalue weighted by Gasteiger charge is 2.42. The maximum absolute atomic E-state index is 15.2. The molecule has 1 unspecified atom stereocenters. The molecule has 1 atom stereocenters. The fourth-order valence-electron chi connectivity index (χ4n) is 5.30. The number of benzene rings is 4. The van der Waals surface area contributed by atoms with Crippen LogP contribution in [0.15, 0.2) is 78.9 Å². The molecule has 7 nitrogen and oxygen atoms in total. The van der Waals surface area contributed by atoms with Crippen molar-refractivity contribution in [2.45, 2.75) is 27.3 Å². The minimum Gasteiger partial charge on any atom is -0.436 e. The topological polar surface area (TPSA) is 83.8 Å². The zero-order chi connectivity index (χ0) is 26.6. The highest BCUT2D eigenvalue weighted by molar-refractivity contribution is 7.75. The second kappa shape index (κ2) is 8.89. The van der Waals surface area contributed by atoms with E-state index in [2.05, 4.69) is 0 Å². The van der Waals surface area contributed by atoms with Gasteiger partial charge in [-0.3, -0.25) is 14.2 Å². The van der Waals surface area contributed by atoms with E-state index < -0.39 is 19.3 Å². The molecule has 4 aromatic carbocycles. The molecule has 0 N–H and O–H groups in total. The van der Waals surface area contributed by atoms with Crippen molar-refractivity contribution in [2.75, 3.05) is 0 Å². The van der Waals surface area contributed by atoms with Crippen LogP contribution in [-0.2, 0) is 20.7 Å². The molecule has 0 radical (unpaired) electrons. The number of aryl methyl sites for hydroxylation is 1. The molecule has 0 spiro atoms. The number of rotatable bonds is 4. The Hall–Kier alpha value is -4.35. The molecule has 190 valence electrons. The summed E-state index contributed by atoms with van der Waals surface area (Å²) in [5.41, 5.74) is 3.00. The van der Waals surface area contributed by atoms with Gasteiger partial charge < -0.3 is 18.6 Å². The van der Waals surface area contributed by atoms with Crippen molar-refractivity contribution >= 4 is 51.7 Å². The van der Waals surface area contributed by atoms with Gasteiger partial charge in [0.05, 0.1) is 21.5 Å². The van der Waals surface area contributed by atoms with Gasteiger partial charge in [0.1, 0.15) is 5.75 Å². The quantitative estimate of drug-likeness (QED) is 0.164. The first kappa shape index (κ1) is 24.0. The predicted octanol–water partition coefficient (Wildman–Crippen LogP) is 5.95. The SMILES string of the molecule is CCn1c2ccccc2c2c(OC(C)=O)c(P3(=O)Oc4ccccc4-c4ccccc43)cc(OC(C)=O)c21. The van der Waals surface area contributed by atoms with Gasteiger partial charge >= 0.3 is 19.3 Å². The summed E-state index contributed by atoms with van der Waals surface area (Å²) < 4.78 is 35.0. The van der Waals surface area contributed by atoms with E-state index in [0.717, 1.165) is 22.0 Å². The second-order valence-electron chi connectivity index (χ2n) is 9.05. The van der Waals surface area contributed by atoms with Crippen LogP contribution in [-0.4, -0.2) is 16.5 Å². The molecule has 0 saturated carbocycles. The van der Waals surface area contributed by atoms with Gasteiger partial charge in [0, 0.05) is 42.9 Å². The maximum atomic E-state index is 15.2. The van der Waals surface area contributed by atoms with Crippen LogP contribution in [0.4, 0.5) is 0 Å². The number of ether oxygens (including phenoxy) is 2. The fourth-order valence-corrected chi connectivity index (χ4v) is 7.69. The number of esters is 2. The summed E-state index contributed by atoms with van der Waals surface area (Å²) in [7, 11) is -3.91. The zero-order valence-electron chi connectivity index (χ0n) is 21.1. The van der Waals surface area contributed by atoms with Crippen LogP contribution in [0.5, 0.6) is 17.2 Å². The number of carbonyl (C=O) groups is 2. The van der Waals surface area contributed by atoms with E-state index >= 15 is 4.57 Å². The number of nitrogens with zero attached hydrogens (tertiary/aromatic N) is 1. The maximum Gasteiger partial charge on any atom is 0.311 e. The molecule has 0 amide bonds. The molecule has 6 rings (SSSR count). The van der Waals surface area contributed by atoms with Crippen molar-refractivity contribution in [1.82, 2.24) is 4.57 Å². The van der Waals surface area contributed by atoms with Crippen molar-refractivity contribution in [2.24, 2.45) is 0 Å². The van der Waals surface area contributed by atoms with Gasteiger partial charge in [-0.15, -0.1) is 0 Å². The van der Waals surface area contributed by atoms with Crippen molar-refractivity contribution < 1.29 is 28.2 Å². The lowest BCUT2D eigenvalue weighted by Crippen LogP contribution is -2.27. The van der Waals surface area contributed by atoms with E-state index in [9.17, 15) is 9.59 Å². The second-order valence-corrected chi connectivity index (χ2v) is 11.3. The largest absolute Gasteiger partial charge is 0.436 e. The number of hydrogen-bond acceptors (Lipinski definition) is 6. The molecule has 1 aromatic heterocycles. The molecule has 0 fully saturated rings. The third-order valence-corrected chi connectivity index (χ3v) is 9.13. The van der Waals surface area contributed by atoms with Gasteiger partial charge in [-0.1, -0.05) is 54.6 Å². The van der Waals surface area contributed by atoms with E-state index in [4.69, 9.17) is 14.0 Å². The molecule has 0 aliphatic carbocycles. The van der Waals surface area contributed by atoms with Gasteiger partial charge in [-0.25, -0.2) is 0 Å². The molecule has 5 aromatic rings. The minimum absolute atomic E-state index is 0.129. The van der Waals surface area contributed by atoms with Crippen molar-refractivity contribution in [1.29, 1.82) is 0 Å². The molecule has 1 aliphatic rings. The smallest absolute Gasteiger partial charge is 0.311 e. The summed E-state index contributed by atoms with van der Waals surface area (Å²) in [5, 5.41) is 1.92. The first-order chi connectivity index (χ1) is 18.3. The van der Waals surface area contributed by atoms with Crippen LogP contribution >= 0.6 is 7.37 Å². The monoisotopic (exact) mass is 525 g/mol. The molecule has 1 aliphatic heterocycles. The van der Waals surface area contributed by atoms with Crippen molar-refractivity contribution in [3.05, 3.63) is 78.9 Å². The summed E-state index contributed by atoms with van der Waals surface area (Å²) in [4.78, 5) is 24.7. The summed E-state index contributed by atoms with van der Waals surface area (Å²) in [5.74, 6) is -0.304. The van der Waals surface area contributed by atoms with Crippen LogP contribution < -0.4 is 24.6 Å². The average molecular weight is 525 g/mol. The summed E-state index contributed by atoms with van der Waals surface area (Å²) >= 11 is 0. The third kappa shape index (κ3) is 3.54. The summed E-state index contributed by atoms with van der Waals surface area (Å²) in [6.45, 7) is 5.15. The van der Waals surface area contributed by atoms with Crippen molar-refractivity contribution in [3.8, 4) is 28.4 Å². The normalized spacial score (nSPS) is 16.0. The third-order valence-electron chi connectivity index (χ3n) is 6.69. The van der Waals surface area contributed by atoms with E-state index in [0.29, 0.717) is 28.5 Å². The van der Waals surface area contributed by atoms with Gasteiger partial charge in [0.15, 0.2) is 11.5 Å². The minimum atomic E-state index is -3.91. The Labute approximate surface area is 219 Å². The van der Waals surface area contributed by atoms with Gasteiger partial charge in [-0.2, -0.15) is 0 Å². The number of para-hydroxylation sites is 2. The Balaban J connectivity index is 1.79. The highest BCUT2D eigenvalue weighted by atomic mass is 31.2. The van der Waals surface area contributed by atoms with Crippen LogP contribution in [0.3, 0.4) is 0 Å². The number of fused-ring (bicyclic) bond motifs is 6. The average Bonchev–Trinajstić information content (AvgIpc) is 3.24. The summed E-state index contributed by atoms with van der Waals surface area (Å²) in [6.07, 6.45) is 0. The first-order valence-electron chi connectivity index (χ1n) is 12.3. The van der Waals surface area contributed by atoms with Crippen LogP contribution in [0.25, 0.3) is 32.9 Å². The van der Waals surface area contributed by atoms with Crippen LogP contribution in [0.2, 0.25) is 0 Å². The highest BCUT2D eigenvalue weighted by Crippen LogP contribution is 2.57. The Bertz CT molecular complexity index is 1840. The lowest BCUT2D eigenvalue weighted by Gasteiger charge is -2.30. The molecule has 8 heteroatoms. The van der Waals surface area contributed by atoms with Crippen molar-refractivity contribution in [3.63, 3.8) is 0 Å². The van der Waals surface area contributed by atoms with E-state index in [1.54, 1.807) is 18.2 Å². The zero-order valence-corrected chi connectivity index (χ0v) is 22.0. The lowest BCUT2D eigenvalue weighted by molar-refractivity contribution is -0.132. The molecule has 0 saturated heterocycles. The number of aromatic nitrogens is 1. The number of carbonyl (C=O) groups excluding carboxylic acids is 2. The standard InChI is InChI=1S/C30H24NO6P/c1-4-31-23-14-8-5-13-22(23)28-29(31)25(35-18(2)32)17-27(30(28)36-19(3)33)38(34)26-16-10-7-12-21(26)20-11-6-9-15-24(20)37-38/h5-17H,4H2,1-3H3. The molecule has 38 heavy (non-hydrogen) atoms. The van der Waals surface area contributed by atoms with E-state index in [1.165, 1.54) is 19.9 Å². The van der Waals surface area contributed by atoms with Gasteiger partial charge in [-0.05, 0) is 30.7 Å². The molecular weight excluding hydrogens is 501 g/mol. The lowest BCUT2D eigenvalue weighted by atomic mass is 10.0. The van der Waals surface area contributed by atoms with E-state index in [1.807, 2.05) is 66.1 Å². The molecule has 0 bridgehead atoms. The number of hydrogen-bond donors (Lipinski definition) is 0. The Morgan fingerprint density at radius 2 is 1.50 bits per heavy atom. The summed E-state index contributed by atoms with van der Waals surface area (Å²) in [6, 6.07) is 23.9. The fraction of sp³-hybridized carbons (Fsp3) is 0.133. The van der Waals surface area contributed by atoms with Gasteiger partial charge in [0.25, 0.3) is 0 Å². The molecule has 2 heterocycles. The van der Waals surface area contributed by atoms with Crippen LogP contribution in [0.1, 0.15) is 20.8 Å². The Kier molecular flexibility index (Phi) is 5.62. The first-order valence-corrected chi connectivity index (χ1v) is 13.9. The predicted molar refractivity (Wildman–Crippen MR) is 147 cm³/mol. The Morgan fingerprint density at radius 3 is 2.24 bits per heavy atom. The van der Waals surface area contributed by atoms with Crippen LogP contribution in [0, 0.1) is 0 Å². The Morgan fingerprint density at radius 1 is 0.842 bits per heavy atom.